The molecule has 112 valence electrons. The fourth-order valence-corrected chi connectivity index (χ4v) is 2.93. The van der Waals surface area contributed by atoms with E-state index in [2.05, 4.69) is 43.5 Å². The van der Waals surface area contributed by atoms with Gasteiger partial charge in [-0.15, -0.1) is 0 Å². The Hall–Kier alpha value is -0.880. The number of hydrogen-bond donors (Lipinski definition) is 3. The van der Waals surface area contributed by atoms with Crippen LogP contribution in [0.5, 0.6) is 0 Å². The summed E-state index contributed by atoms with van der Waals surface area (Å²) in [6.45, 7) is 3.97. The van der Waals surface area contributed by atoms with Crippen molar-refractivity contribution in [3.8, 4) is 0 Å². The van der Waals surface area contributed by atoms with E-state index in [1.54, 1.807) is 6.20 Å². The van der Waals surface area contributed by atoms with E-state index < -0.39 is 0 Å². The highest BCUT2D eigenvalue weighted by Gasteiger charge is 2.33. The molecule has 1 aliphatic rings. The Morgan fingerprint density at radius 3 is 2.75 bits per heavy atom. The van der Waals surface area contributed by atoms with Gasteiger partial charge in [0.1, 0.15) is 5.82 Å². The summed E-state index contributed by atoms with van der Waals surface area (Å²) in [4.78, 5) is 8.71. The Morgan fingerprint density at radius 2 is 2.10 bits per heavy atom. The Labute approximate surface area is 128 Å². The Kier molecular flexibility index (Phi) is 5.60. The molecule has 0 atom stereocenters. The van der Waals surface area contributed by atoms with E-state index in [0.29, 0.717) is 5.95 Å². The van der Waals surface area contributed by atoms with Gasteiger partial charge < -0.3 is 15.7 Å². The van der Waals surface area contributed by atoms with Crippen molar-refractivity contribution in [2.75, 3.05) is 30.3 Å². The topological polar surface area (TPSA) is 70.1 Å². The second-order valence-corrected chi connectivity index (χ2v) is 6.39. The van der Waals surface area contributed by atoms with Crippen LogP contribution in [-0.2, 0) is 0 Å². The fraction of sp³-hybridized carbons (Fsp3) is 0.714. The highest BCUT2D eigenvalue weighted by Crippen LogP contribution is 2.38. The molecule has 0 amide bonds. The van der Waals surface area contributed by atoms with E-state index in [4.69, 9.17) is 0 Å². The van der Waals surface area contributed by atoms with Crippen molar-refractivity contribution < 1.29 is 5.11 Å². The zero-order valence-corrected chi connectivity index (χ0v) is 13.5. The number of aliphatic hydroxyl groups is 1. The molecule has 20 heavy (non-hydrogen) atoms. The molecule has 3 N–H and O–H groups in total. The summed E-state index contributed by atoms with van der Waals surface area (Å²) in [5, 5.41) is 16.2. The normalized spacial score (nSPS) is 17.1. The third kappa shape index (κ3) is 3.82. The van der Waals surface area contributed by atoms with Gasteiger partial charge in [0.15, 0.2) is 0 Å². The summed E-state index contributed by atoms with van der Waals surface area (Å²) < 4.78 is 0.852. The first-order valence-corrected chi connectivity index (χ1v) is 8.09. The quantitative estimate of drug-likeness (QED) is 0.710. The van der Waals surface area contributed by atoms with Crippen molar-refractivity contribution in [1.82, 2.24) is 9.97 Å². The third-order valence-corrected chi connectivity index (χ3v) is 4.49. The predicted octanol–water partition coefficient (Wildman–Crippen LogP) is 3.03. The molecule has 1 saturated carbocycles. The number of aliphatic hydroxyl groups excluding tert-OH is 1. The van der Waals surface area contributed by atoms with Gasteiger partial charge in [0.25, 0.3) is 0 Å². The summed E-state index contributed by atoms with van der Waals surface area (Å²) in [6.07, 6.45) is 7.37. The largest absolute Gasteiger partial charge is 0.396 e. The van der Waals surface area contributed by atoms with Crippen molar-refractivity contribution in [2.24, 2.45) is 5.41 Å². The molecule has 6 heteroatoms. The van der Waals surface area contributed by atoms with Crippen LogP contribution < -0.4 is 10.6 Å². The van der Waals surface area contributed by atoms with E-state index in [9.17, 15) is 5.11 Å². The van der Waals surface area contributed by atoms with Crippen molar-refractivity contribution in [3.63, 3.8) is 0 Å². The van der Waals surface area contributed by atoms with E-state index in [1.165, 1.54) is 12.8 Å². The number of anilines is 2. The van der Waals surface area contributed by atoms with Crippen molar-refractivity contribution in [3.05, 3.63) is 10.7 Å². The van der Waals surface area contributed by atoms with E-state index in [-0.39, 0.29) is 12.0 Å². The molecular weight excluding hydrogens is 320 g/mol. The standard InChI is InChI=1S/C14H23BrN4O/c1-2-7-16-13-17-8-11(15)12(19-13)18-9-14(10-20)5-3-4-6-14/h8,20H,2-7,9-10H2,1H3,(H2,16,17,18,19). The Morgan fingerprint density at radius 1 is 1.35 bits per heavy atom. The maximum atomic E-state index is 9.64. The lowest BCUT2D eigenvalue weighted by Crippen LogP contribution is -2.31. The van der Waals surface area contributed by atoms with Crippen molar-refractivity contribution in [1.29, 1.82) is 0 Å². The number of hydrogen-bond acceptors (Lipinski definition) is 5. The van der Waals surface area contributed by atoms with Gasteiger partial charge in [-0.1, -0.05) is 19.8 Å². The lowest BCUT2D eigenvalue weighted by atomic mass is 9.87. The zero-order chi connectivity index (χ0) is 14.4. The fourth-order valence-electron chi connectivity index (χ4n) is 2.60. The Balaban J connectivity index is 2.00. The molecule has 1 aliphatic carbocycles. The summed E-state index contributed by atoms with van der Waals surface area (Å²) in [5.41, 5.74) is 0.0153. The molecule has 2 rings (SSSR count). The molecule has 1 aromatic heterocycles. The number of nitrogens with zero attached hydrogens (tertiary/aromatic N) is 2. The summed E-state index contributed by atoms with van der Waals surface area (Å²) in [6, 6.07) is 0. The summed E-state index contributed by atoms with van der Waals surface area (Å²) in [7, 11) is 0. The molecule has 0 bridgehead atoms. The maximum absolute atomic E-state index is 9.64. The first kappa shape index (κ1) is 15.5. The van der Waals surface area contributed by atoms with Gasteiger partial charge >= 0.3 is 0 Å². The molecule has 0 unspecified atom stereocenters. The molecule has 0 radical (unpaired) electrons. The van der Waals surface area contributed by atoms with Gasteiger partial charge in [0.05, 0.1) is 11.1 Å². The number of halogens is 1. The van der Waals surface area contributed by atoms with Crippen LogP contribution in [0.25, 0.3) is 0 Å². The van der Waals surface area contributed by atoms with Gasteiger partial charge in [-0.2, -0.15) is 4.98 Å². The predicted molar refractivity (Wildman–Crippen MR) is 85.0 cm³/mol. The third-order valence-electron chi connectivity index (χ3n) is 3.91. The first-order valence-electron chi connectivity index (χ1n) is 7.30. The van der Waals surface area contributed by atoms with Crippen LogP contribution in [0, 0.1) is 5.41 Å². The highest BCUT2D eigenvalue weighted by molar-refractivity contribution is 9.10. The van der Waals surface area contributed by atoms with Gasteiger partial charge in [-0.3, -0.25) is 0 Å². The minimum absolute atomic E-state index is 0.0153. The average molecular weight is 343 g/mol. The summed E-state index contributed by atoms with van der Waals surface area (Å²) >= 11 is 3.47. The number of nitrogens with one attached hydrogen (secondary N) is 2. The molecule has 0 spiro atoms. The van der Waals surface area contributed by atoms with Crippen LogP contribution in [0.3, 0.4) is 0 Å². The second-order valence-electron chi connectivity index (χ2n) is 5.54. The average Bonchev–Trinajstić information content (AvgIpc) is 2.94. The lowest BCUT2D eigenvalue weighted by molar-refractivity contribution is 0.142. The SMILES string of the molecule is CCCNc1ncc(Br)c(NCC2(CO)CCCC2)n1. The smallest absolute Gasteiger partial charge is 0.224 e. The van der Waals surface area contributed by atoms with Gasteiger partial charge in [-0.25, -0.2) is 4.98 Å². The van der Waals surface area contributed by atoms with E-state index >= 15 is 0 Å². The lowest BCUT2D eigenvalue weighted by Gasteiger charge is -2.27. The van der Waals surface area contributed by atoms with E-state index in [0.717, 1.165) is 42.6 Å². The molecule has 0 aromatic carbocycles. The van der Waals surface area contributed by atoms with Gasteiger partial charge in [-0.05, 0) is 35.2 Å². The Bertz CT molecular complexity index is 435. The van der Waals surface area contributed by atoms with Crippen LogP contribution in [0.2, 0.25) is 0 Å². The van der Waals surface area contributed by atoms with Crippen LogP contribution in [0.1, 0.15) is 39.0 Å². The van der Waals surface area contributed by atoms with Crippen molar-refractivity contribution in [2.45, 2.75) is 39.0 Å². The monoisotopic (exact) mass is 342 g/mol. The van der Waals surface area contributed by atoms with Crippen LogP contribution in [-0.4, -0.2) is 34.8 Å². The molecule has 0 aliphatic heterocycles. The van der Waals surface area contributed by atoms with Crippen molar-refractivity contribution >= 4 is 27.7 Å². The van der Waals surface area contributed by atoms with E-state index in [1.807, 2.05) is 0 Å². The molecule has 1 aromatic rings. The maximum Gasteiger partial charge on any atom is 0.224 e. The van der Waals surface area contributed by atoms with Gasteiger partial charge in [0, 0.05) is 24.7 Å². The molecular formula is C14H23BrN4O. The minimum atomic E-state index is 0.0153. The molecule has 5 nitrogen and oxygen atoms in total. The molecule has 1 heterocycles. The second kappa shape index (κ2) is 7.22. The van der Waals surface area contributed by atoms with Crippen LogP contribution in [0.4, 0.5) is 11.8 Å². The van der Waals surface area contributed by atoms with Crippen LogP contribution in [0.15, 0.2) is 10.7 Å². The summed E-state index contributed by atoms with van der Waals surface area (Å²) in [5.74, 6) is 1.43. The minimum Gasteiger partial charge on any atom is -0.396 e. The zero-order valence-electron chi connectivity index (χ0n) is 12.0. The number of aromatic nitrogens is 2. The van der Waals surface area contributed by atoms with Gasteiger partial charge in [0.2, 0.25) is 5.95 Å². The number of rotatable bonds is 7. The first-order chi connectivity index (χ1) is 9.69. The molecule has 1 fully saturated rings. The highest BCUT2D eigenvalue weighted by atomic mass is 79.9. The van der Waals surface area contributed by atoms with Crippen LogP contribution >= 0.6 is 15.9 Å². The molecule has 0 saturated heterocycles.